The maximum Gasteiger partial charge on any atom is 0.250 e. The van der Waals surface area contributed by atoms with Gasteiger partial charge in [-0.3, -0.25) is 0 Å². The zero-order chi connectivity index (χ0) is 16.3. The Kier molecular flexibility index (Phi) is 4.42. The Morgan fingerprint density at radius 2 is 2.00 bits per heavy atom. The number of nitrogens with zero attached hydrogens (tertiary/aromatic N) is 2. The van der Waals surface area contributed by atoms with E-state index in [1.165, 1.54) is 6.07 Å². The minimum Gasteiger partial charge on any atom is -0.497 e. The number of methoxy groups -OCH3 is 1. The highest BCUT2D eigenvalue weighted by Crippen LogP contribution is 2.21. The van der Waals surface area contributed by atoms with Crippen LogP contribution in [0.5, 0.6) is 5.75 Å². The van der Waals surface area contributed by atoms with Gasteiger partial charge in [0.25, 0.3) is 10.0 Å². The third-order valence-corrected chi connectivity index (χ3v) is 5.78. The lowest BCUT2D eigenvalue weighted by molar-refractivity contribution is 0.415. The fourth-order valence-electron chi connectivity index (χ4n) is 1.82. The smallest absolute Gasteiger partial charge is 0.250 e. The number of hydrogen-bond donors (Lipinski definition) is 1. The third-order valence-electron chi connectivity index (χ3n) is 2.98. The lowest BCUT2D eigenvalue weighted by atomic mass is 10.2. The molecule has 9 heteroatoms. The summed E-state index contributed by atoms with van der Waals surface area (Å²) in [6, 6.07) is 10.3. The van der Waals surface area contributed by atoms with E-state index in [-0.39, 0.29) is 16.6 Å². The van der Waals surface area contributed by atoms with Gasteiger partial charge in [-0.15, -0.1) is 21.5 Å². The van der Waals surface area contributed by atoms with Crippen molar-refractivity contribution in [3.8, 4) is 17.2 Å². The average molecular weight is 351 g/mol. The number of nitrogens with one attached hydrogen (secondary N) is 1. The summed E-state index contributed by atoms with van der Waals surface area (Å²) in [6.07, 6.45) is 0. The number of hydrogen-bond acceptors (Lipinski definition) is 7. The molecule has 1 N–H and O–H groups in total. The number of sulfonamides is 1. The van der Waals surface area contributed by atoms with Crippen LogP contribution in [0.3, 0.4) is 0 Å². The summed E-state index contributed by atoms with van der Waals surface area (Å²) in [6.45, 7) is -0.0661. The van der Waals surface area contributed by atoms with Gasteiger partial charge in [0.15, 0.2) is 0 Å². The molecule has 3 rings (SSSR count). The summed E-state index contributed by atoms with van der Waals surface area (Å²) in [5.41, 5.74) is 0.727. The van der Waals surface area contributed by atoms with Crippen molar-refractivity contribution < 1.29 is 17.6 Å². The van der Waals surface area contributed by atoms with Crippen molar-refractivity contribution in [2.45, 2.75) is 10.8 Å². The van der Waals surface area contributed by atoms with E-state index in [1.807, 2.05) is 0 Å². The Morgan fingerprint density at radius 3 is 2.65 bits per heavy atom. The van der Waals surface area contributed by atoms with Gasteiger partial charge >= 0.3 is 0 Å². The first-order valence-electron chi connectivity index (χ1n) is 6.58. The second kappa shape index (κ2) is 6.49. The van der Waals surface area contributed by atoms with E-state index < -0.39 is 10.0 Å². The molecule has 0 aliphatic heterocycles. The van der Waals surface area contributed by atoms with Crippen molar-refractivity contribution in [2.75, 3.05) is 7.11 Å². The number of benzene rings is 1. The molecule has 0 bridgehead atoms. The highest BCUT2D eigenvalue weighted by atomic mass is 32.2. The molecule has 120 valence electrons. The largest absolute Gasteiger partial charge is 0.497 e. The Balaban J connectivity index is 1.70. The van der Waals surface area contributed by atoms with Crippen LogP contribution in [0.2, 0.25) is 0 Å². The van der Waals surface area contributed by atoms with E-state index in [2.05, 4.69) is 14.9 Å². The molecule has 23 heavy (non-hydrogen) atoms. The Morgan fingerprint density at radius 1 is 1.22 bits per heavy atom. The third kappa shape index (κ3) is 3.58. The molecule has 0 unspecified atom stereocenters. The highest BCUT2D eigenvalue weighted by Gasteiger charge is 2.17. The summed E-state index contributed by atoms with van der Waals surface area (Å²) in [4.78, 5) is 0. The van der Waals surface area contributed by atoms with Crippen molar-refractivity contribution >= 4 is 21.4 Å². The number of rotatable bonds is 6. The van der Waals surface area contributed by atoms with E-state index in [1.54, 1.807) is 42.8 Å². The van der Waals surface area contributed by atoms with Crippen LogP contribution in [0, 0.1) is 0 Å². The van der Waals surface area contributed by atoms with Crippen molar-refractivity contribution in [3.63, 3.8) is 0 Å². The number of ether oxygens (including phenoxy) is 1. The molecule has 0 radical (unpaired) electrons. The van der Waals surface area contributed by atoms with Gasteiger partial charge in [0, 0.05) is 5.56 Å². The van der Waals surface area contributed by atoms with Crippen LogP contribution in [-0.4, -0.2) is 25.7 Å². The Hall–Kier alpha value is -2.23. The standard InChI is InChI=1S/C14H13N3O4S2/c1-20-11-6-4-10(5-7-11)14-17-16-12(21-14)9-15-23(18,19)13-3-2-8-22-13/h2-8,15H,9H2,1H3. The molecule has 0 spiro atoms. The second-order valence-electron chi connectivity index (χ2n) is 4.49. The van der Waals surface area contributed by atoms with Crippen LogP contribution in [0.4, 0.5) is 0 Å². The van der Waals surface area contributed by atoms with E-state index in [9.17, 15) is 8.42 Å². The SMILES string of the molecule is COc1ccc(-c2nnc(CNS(=O)(=O)c3cccs3)o2)cc1. The molecular weight excluding hydrogens is 338 g/mol. The van der Waals surface area contributed by atoms with Crippen LogP contribution in [0.25, 0.3) is 11.5 Å². The summed E-state index contributed by atoms with van der Waals surface area (Å²) >= 11 is 1.14. The first-order chi connectivity index (χ1) is 11.1. The fourth-order valence-corrected chi connectivity index (χ4v) is 3.83. The van der Waals surface area contributed by atoms with Gasteiger partial charge in [0.2, 0.25) is 11.8 Å². The molecule has 3 aromatic rings. The molecule has 0 saturated carbocycles. The summed E-state index contributed by atoms with van der Waals surface area (Å²) in [7, 11) is -1.97. The Labute approximate surface area is 137 Å². The molecule has 0 aliphatic carbocycles. The van der Waals surface area contributed by atoms with Gasteiger partial charge in [0.05, 0.1) is 13.7 Å². The first kappa shape index (κ1) is 15.7. The first-order valence-corrected chi connectivity index (χ1v) is 8.95. The molecule has 0 saturated heterocycles. The summed E-state index contributed by atoms with van der Waals surface area (Å²) in [5, 5.41) is 9.46. The van der Waals surface area contributed by atoms with E-state index in [0.29, 0.717) is 5.89 Å². The van der Waals surface area contributed by atoms with Crippen molar-refractivity contribution in [1.29, 1.82) is 0 Å². The molecule has 0 amide bonds. The van der Waals surface area contributed by atoms with Crippen LogP contribution in [-0.2, 0) is 16.6 Å². The van der Waals surface area contributed by atoms with Gasteiger partial charge in [-0.2, -0.15) is 0 Å². The van der Waals surface area contributed by atoms with E-state index in [0.717, 1.165) is 22.6 Å². The van der Waals surface area contributed by atoms with E-state index in [4.69, 9.17) is 9.15 Å². The monoisotopic (exact) mass is 351 g/mol. The minimum absolute atomic E-state index is 0.0661. The highest BCUT2D eigenvalue weighted by molar-refractivity contribution is 7.91. The zero-order valence-electron chi connectivity index (χ0n) is 12.1. The van der Waals surface area contributed by atoms with Crippen LogP contribution >= 0.6 is 11.3 Å². The molecule has 0 atom stereocenters. The number of thiophene rings is 1. The zero-order valence-corrected chi connectivity index (χ0v) is 13.7. The maximum atomic E-state index is 12.0. The molecule has 0 fully saturated rings. The molecule has 2 aromatic heterocycles. The lowest BCUT2D eigenvalue weighted by Gasteiger charge is -2.01. The molecule has 0 aliphatic rings. The molecule has 7 nitrogen and oxygen atoms in total. The topological polar surface area (TPSA) is 94.3 Å². The summed E-state index contributed by atoms with van der Waals surface area (Å²) < 4.78 is 37.2. The lowest BCUT2D eigenvalue weighted by Crippen LogP contribution is -2.22. The fraction of sp³-hybridized carbons (Fsp3) is 0.143. The van der Waals surface area contributed by atoms with Gasteiger partial charge in [-0.05, 0) is 35.7 Å². The maximum absolute atomic E-state index is 12.0. The molecule has 2 heterocycles. The van der Waals surface area contributed by atoms with Crippen molar-refractivity contribution in [2.24, 2.45) is 0 Å². The van der Waals surface area contributed by atoms with Gasteiger partial charge < -0.3 is 9.15 Å². The minimum atomic E-state index is -3.56. The summed E-state index contributed by atoms with van der Waals surface area (Å²) in [5.74, 6) is 1.23. The Bertz CT molecular complexity index is 871. The second-order valence-corrected chi connectivity index (χ2v) is 7.43. The van der Waals surface area contributed by atoms with Crippen molar-refractivity contribution in [1.82, 2.24) is 14.9 Å². The molecule has 1 aromatic carbocycles. The van der Waals surface area contributed by atoms with Crippen LogP contribution < -0.4 is 9.46 Å². The van der Waals surface area contributed by atoms with Gasteiger partial charge in [0.1, 0.15) is 9.96 Å². The normalized spacial score (nSPS) is 11.5. The predicted octanol–water partition coefficient (Wildman–Crippen LogP) is 2.29. The van der Waals surface area contributed by atoms with Crippen LogP contribution in [0.15, 0.2) is 50.4 Å². The van der Waals surface area contributed by atoms with Crippen molar-refractivity contribution in [3.05, 3.63) is 47.7 Å². The van der Waals surface area contributed by atoms with E-state index >= 15 is 0 Å². The average Bonchev–Trinajstić information content (AvgIpc) is 3.25. The predicted molar refractivity (Wildman–Crippen MR) is 84.6 cm³/mol. The number of aromatic nitrogens is 2. The van der Waals surface area contributed by atoms with Crippen LogP contribution in [0.1, 0.15) is 5.89 Å². The van der Waals surface area contributed by atoms with Gasteiger partial charge in [-0.1, -0.05) is 6.07 Å². The van der Waals surface area contributed by atoms with Gasteiger partial charge in [-0.25, -0.2) is 13.1 Å². The molecular formula is C14H13N3O4S2. The quantitative estimate of drug-likeness (QED) is 0.732.